The number of thioether (sulfide) groups is 1. The van der Waals surface area contributed by atoms with Gasteiger partial charge in [0.15, 0.2) is 5.17 Å². The van der Waals surface area contributed by atoms with Crippen molar-refractivity contribution in [3.05, 3.63) is 107 Å². The molecule has 3 aromatic rings. The molecule has 1 atom stereocenters. The topological polar surface area (TPSA) is 75.0 Å². The Hall–Kier alpha value is -4.10. The first-order valence-electron chi connectivity index (χ1n) is 12.7. The van der Waals surface area contributed by atoms with Gasteiger partial charge in [-0.15, -0.1) is 0 Å². The molecule has 0 aromatic heterocycles. The van der Waals surface area contributed by atoms with Gasteiger partial charge in [-0.2, -0.15) is 4.99 Å². The molecule has 3 aromatic carbocycles. The SMILES string of the molecule is CCC(C)c1ccccc1OCCOc1ccc(C=C2C(=N)N3C(c4ccccc4)=CSC3=NC2=O)cc1. The summed E-state index contributed by atoms with van der Waals surface area (Å²) in [5, 5.41) is 11.2. The van der Waals surface area contributed by atoms with E-state index in [1.54, 1.807) is 11.0 Å². The van der Waals surface area contributed by atoms with Crippen LogP contribution in [-0.2, 0) is 4.79 Å². The highest BCUT2D eigenvalue weighted by atomic mass is 32.2. The van der Waals surface area contributed by atoms with Crippen LogP contribution in [-0.4, -0.2) is 35.0 Å². The lowest BCUT2D eigenvalue weighted by Gasteiger charge is -2.26. The molecule has 0 saturated carbocycles. The monoisotopic (exact) mass is 523 g/mol. The lowest BCUT2D eigenvalue weighted by Crippen LogP contribution is -2.38. The van der Waals surface area contributed by atoms with Gasteiger partial charge in [-0.1, -0.05) is 86.3 Å². The number of hydrogen-bond acceptors (Lipinski definition) is 5. The van der Waals surface area contributed by atoms with E-state index < -0.39 is 5.91 Å². The van der Waals surface area contributed by atoms with Gasteiger partial charge in [0.25, 0.3) is 5.91 Å². The number of aliphatic imine (C=N–C) groups is 1. The maximum atomic E-state index is 12.7. The normalized spacial score (nSPS) is 16.7. The minimum Gasteiger partial charge on any atom is -0.490 e. The molecule has 2 aliphatic heterocycles. The Bertz CT molecular complexity index is 1430. The Morgan fingerprint density at radius 2 is 1.68 bits per heavy atom. The van der Waals surface area contributed by atoms with Crippen LogP contribution in [0.15, 0.2) is 94.8 Å². The molecule has 5 rings (SSSR count). The van der Waals surface area contributed by atoms with Crippen LogP contribution in [0.3, 0.4) is 0 Å². The molecule has 0 saturated heterocycles. The lowest BCUT2D eigenvalue weighted by molar-refractivity contribution is -0.114. The van der Waals surface area contributed by atoms with E-state index >= 15 is 0 Å². The van der Waals surface area contributed by atoms with Gasteiger partial charge in [0, 0.05) is 5.41 Å². The molecule has 1 amide bonds. The molecule has 38 heavy (non-hydrogen) atoms. The van der Waals surface area contributed by atoms with Crippen molar-refractivity contribution in [2.45, 2.75) is 26.2 Å². The first kappa shape index (κ1) is 25.5. The predicted octanol–water partition coefficient (Wildman–Crippen LogP) is 6.96. The van der Waals surface area contributed by atoms with Crippen LogP contribution in [0.5, 0.6) is 11.5 Å². The molecule has 0 bridgehead atoms. The molecule has 2 aliphatic rings. The fourth-order valence-electron chi connectivity index (χ4n) is 4.29. The summed E-state index contributed by atoms with van der Waals surface area (Å²) in [6.45, 7) is 5.23. The number of nitrogens with zero attached hydrogens (tertiary/aromatic N) is 2. The minimum atomic E-state index is -0.411. The summed E-state index contributed by atoms with van der Waals surface area (Å²) in [6, 6.07) is 25.4. The Balaban J connectivity index is 1.22. The molecule has 0 radical (unpaired) electrons. The molecule has 0 fully saturated rings. The lowest BCUT2D eigenvalue weighted by atomic mass is 9.98. The summed E-state index contributed by atoms with van der Waals surface area (Å²) in [4.78, 5) is 18.7. The number of amides is 1. The van der Waals surface area contributed by atoms with Crippen LogP contribution >= 0.6 is 11.8 Å². The van der Waals surface area contributed by atoms with E-state index in [4.69, 9.17) is 14.9 Å². The van der Waals surface area contributed by atoms with Gasteiger partial charge in [0.2, 0.25) is 0 Å². The predicted molar refractivity (Wildman–Crippen MR) is 155 cm³/mol. The van der Waals surface area contributed by atoms with Crippen LogP contribution in [0.2, 0.25) is 0 Å². The van der Waals surface area contributed by atoms with E-state index in [2.05, 4.69) is 24.9 Å². The van der Waals surface area contributed by atoms with Gasteiger partial charge in [0.1, 0.15) is 30.5 Å². The van der Waals surface area contributed by atoms with Gasteiger partial charge in [0.05, 0.1) is 11.3 Å². The van der Waals surface area contributed by atoms with E-state index in [0.29, 0.717) is 30.0 Å². The first-order valence-corrected chi connectivity index (χ1v) is 13.5. The number of carbonyl (C=O) groups is 1. The first-order chi connectivity index (χ1) is 18.5. The number of benzene rings is 3. The fourth-order valence-corrected chi connectivity index (χ4v) is 5.18. The van der Waals surface area contributed by atoms with E-state index in [9.17, 15) is 4.79 Å². The molecular formula is C31H29N3O3S. The van der Waals surface area contributed by atoms with Gasteiger partial charge in [-0.3, -0.25) is 15.1 Å². The third-order valence-corrected chi connectivity index (χ3v) is 7.37. The molecule has 0 spiro atoms. The summed E-state index contributed by atoms with van der Waals surface area (Å²) in [6.07, 6.45) is 2.76. The van der Waals surface area contributed by atoms with Gasteiger partial charge < -0.3 is 9.47 Å². The number of carbonyl (C=O) groups excluding carboxylic acids is 1. The number of para-hydroxylation sites is 1. The van der Waals surface area contributed by atoms with E-state index in [1.807, 2.05) is 78.2 Å². The van der Waals surface area contributed by atoms with Crippen LogP contribution in [0.1, 0.15) is 42.9 Å². The highest BCUT2D eigenvalue weighted by molar-refractivity contribution is 8.17. The highest BCUT2D eigenvalue weighted by Crippen LogP contribution is 2.37. The smallest absolute Gasteiger partial charge is 0.283 e. The molecule has 192 valence electrons. The van der Waals surface area contributed by atoms with Crippen molar-refractivity contribution in [2.24, 2.45) is 4.99 Å². The number of fused-ring (bicyclic) bond motifs is 1. The molecule has 7 heteroatoms. The van der Waals surface area contributed by atoms with Gasteiger partial charge in [-0.25, -0.2) is 0 Å². The minimum absolute atomic E-state index is 0.121. The van der Waals surface area contributed by atoms with Crippen LogP contribution in [0.4, 0.5) is 0 Å². The third-order valence-electron chi connectivity index (χ3n) is 6.55. The molecule has 6 nitrogen and oxygen atoms in total. The summed E-state index contributed by atoms with van der Waals surface area (Å²) < 4.78 is 11.9. The maximum absolute atomic E-state index is 12.7. The number of ether oxygens (including phenoxy) is 2. The second-order valence-electron chi connectivity index (χ2n) is 9.04. The summed E-state index contributed by atoms with van der Waals surface area (Å²) in [7, 11) is 0. The van der Waals surface area contributed by atoms with E-state index in [0.717, 1.165) is 29.0 Å². The Kier molecular flexibility index (Phi) is 7.75. The van der Waals surface area contributed by atoms with Crippen molar-refractivity contribution in [1.82, 2.24) is 4.90 Å². The van der Waals surface area contributed by atoms with Crippen molar-refractivity contribution >= 4 is 40.4 Å². The Morgan fingerprint density at radius 1 is 0.974 bits per heavy atom. The highest BCUT2D eigenvalue weighted by Gasteiger charge is 2.36. The zero-order valence-electron chi connectivity index (χ0n) is 21.4. The van der Waals surface area contributed by atoms with Crippen molar-refractivity contribution in [1.29, 1.82) is 5.41 Å². The average Bonchev–Trinajstić information content (AvgIpc) is 3.38. The molecule has 0 aliphatic carbocycles. The summed E-state index contributed by atoms with van der Waals surface area (Å²) in [5.74, 6) is 1.76. The number of amidine groups is 2. The Morgan fingerprint density at radius 3 is 2.45 bits per heavy atom. The summed E-state index contributed by atoms with van der Waals surface area (Å²) in [5.41, 5.74) is 4.07. The number of hydrogen-bond donors (Lipinski definition) is 1. The van der Waals surface area contributed by atoms with Crippen molar-refractivity contribution in [3.63, 3.8) is 0 Å². The van der Waals surface area contributed by atoms with Crippen molar-refractivity contribution in [2.75, 3.05) is 13.2 Å². The largest absolute Gasteiger partial charge is 0.490 e. The van der Waals surface area contributed by atoms with E-state index in [-0.39, 0.29) is 11.4 Å². The zero-order chi connectivity index (χ0) is 26.5. The van der Waals surface area contributed by atoms with Gasteiger partial charge >= 0.3 is 0 Å². The van der Waals surface area contributed by atoms with Crippen LogP contribution in [0.25, 0.3) is 11.8 Å². The Labute approximate surface area is 227 Å². The summed E-state index contributed by atoms with van der Waals surface area (Å²) >= 11 is 1.36. The van der Waals surface area contributed by atoms with Gasteiger partial charge in [-0.05, 0) is 53.3 Å². The zero-order valence-corrected chi connectivity index (χ0v) is 22.2. The maximum Gasteiger partial charge on any atom is 0.283 e. The molecule has 1 unspecified atom stereocenters. The molecular weight excluding hydrogens is 494 g/mol. The number of rotatable bonds is 9. The van der Waals surface area contributed by atoms with E-state index in [1.165, 1.54) is 17.3 Å². The third kappa shape index (κ3) is 5.43. The second-order valence-corrected chi connectivity index (χ2v) is 9.88. The quantitative estimate of drug-likeness (QED) is 0.242. The standard InChI is InChI=1S/C31H29N3O3S/c1-3-21(2)25-11-7-8-12-28(25)37-18-17-36-24-15-13-22(14-16-24)19-26-29(32)34-27(23-9-5-4-6-10-23)20-38-31(34)33-30(26)35/h4-16,19-21,32H,3,17-18H2,1-2H3. The fraction of sp³-hybridized carbons (Fsp3) is 0.194. The van der Waals surface area contributed by atoms with Crippen LogP contribution in [0, 0.1) is 5.41 Å². The number of nitrogens with one attached hydrogen (secondary N) is 1. The van der Waals surface area contributed by atoms with Crippen LogP contribution < -0.4 is 9.47 Å². The molecule has 1 N–H and O–H groups in total. The second kappa shape index (κ2) is 11.5. The molecule has 2 heterocycles. The van der Waals surface area contributed by atoms with Crippen molar-refractivity contribution < 1.29 is 14.3 Å². The average molecular weight is 524 g/mol. The van der Waals surface area contributed by atoms with Crippen molar-refractivity contribution in [3.8, 4) is 11.5 Å².